The van der Waals surface area contributed by atoms with E-state index in [1.54, 1.807) is 4.67 Å². The van der Waals surface area contributed by atoms with Crippen LogP contribution >= 0.6 is 8.61 Å². The van der Waals surface area contributed by atoms with E-state index >= 15 is 0 Å². The maximum absolute atomic E-state index is 10.4. The Bertz CT molecular complexity index is 225. The second-order valence-corrected chi connectivity index (χ2v) is 3.38. The second kappa shape index (κ2) is 4.22. The molecule has 0 aliphatic rings. The summed E-state index contributed by atoms with van der Waals surface area (Å²) in [6.07, 6.45) is 0. The summed E-state index contributed by atoms with van der Waals surface area (Å²) in [7, 11) is 1.47. The highest BCUT2D eigenvalue weighted by Crippen LogP contribution is 2.08. The lowest BCUT2D eigenvalue weighted by Gasteiger charge is -1.99. The first-order chi connectivity index (χ1) is 5.33. The van der Waals surface area contributed by atoms with Crippen LogP contribution in [0.25, 0.3) is 0 Å². The number of hydrogen-bond donors (Lipinski definition) is 0. The van der Waals surface area contributed by atoms with E-state index in [1.807, 2.05) is 37.4 Å². The summed E-state index contributed by atoms with van der Waals surface area (Å²) in [5.74, 6) is 0. The molecule has 0 bridgehead atoms. The standard InChI is InChI=1S/C8H10NOP/c1-9(11-10)7-8-5-3-2-4-6-8/h2-6H,7H2,1H3/p+1. The Hall–Kier alpha value is -0.720. The first-order valence-corrected chi connectivity index (χ1v) is 4.31. The van der Waals surface area contributed by atoms with Gasteiger partial charge in [-0.25, -0.2) is 0 Å². The predicted octanol–water partition coefficient (Wildman–Crippen LogP) is 2.06. The zero-order valence-electron chi connectivity index (χ0n) is 6.45. The van der Waals surface area contributed by atoms with E-state index in [-0.39, 0.29) is 8.61 Å². The lowest BCUT2D eigenvalue weighted by Crippen LogP contribution is -2.03. The van der Waals surface area contributed by atoms with Crippen LogP contribution in [0.3, 0.4) is 0 Å². The lowest BCUT2D eigenvalue weighted by atomic mass is 10.2. The van der Waals surface area contributed by atoms with E-state index in [9.17, 15) is 4.57 Å². The molecule has 1 aromatic rings. The van der Waals surface area contributed by atoms with Crippen molar-refractivity contribution in [1.82, 2.24) is 4.67 Å². The average molecular weight is 168 g/mol. The SMILES string of the molecule is CN(Cc1ccccc1)[PH+]=O. The summed E-state index contributed by atoms with van der Waals surface area (Å²) in [6.45, 7) is 0.753. The van der Waals surface area contributed by atoms with Gasteiger partial charge in [0.15, 0.2) is 0 Å². The van der Waals surface area contributed by atoms with Crippen molar-refractivity contribution in [3.8, 4) is 0 Å². The Kier molecular flexibility index (Phi) is 3.21. The third-order valence-electron chi connectivity index (χ3n) is 1.42. The summed E-state index contributed by atoms with van der Waals surface area (Å²) in [5.41, 5.74) is 1.19. The van der Waals surface area contributed by atoms with Crippen molar-refractivity contribution in [3.63, 3.8) is 0 Å². The van der Waals surface area contributed by atoms with Crippen molar-refractivity contribution in [2.24, 2.45) is 0 Å². The Morgan fingerprint density at radius 3 is 2.55 bits per heavy atom. The van der Waals surface area contributed by atoms with E-state index in [1.165, 1.54) is 5.56 Å². The second-order valence-electron chi connectivity index (χ2n) is 2.43. The van der Waals surface area contributed by atoms with E-state index in [0.717, 1.165) is 6.54 Å². The molecule has 58 valence electrons. The van der Waals surface area contributed by atoms with Gasteiger partial charge in [0.25, 0.3) is 0 Å². The topological polar surface area (TPSA) is 20.3 Å². The highest BCUT2D eigenvalue weighted by atomic mass is 31.1. The van der Waals surface area contributed by atoms with E-state index < -0.39 is 0 Å². The van der Waals surface area contributed by atoms with E-state index in [0.29, 0.717) is 0 Å². The molecular formula is C8H11NOP+. The maximum atomic E-state index is 10.4. The van der Waals surface area contributed by atoms with Crippen molar-refractivity contribution in [3.05, 3.63) is 35.9 Å². The summed E-state index contributed by atoms with van der Waals surface area (Å²) in [5, 5.41) is 0. The molecule has 0 saturated carbocycles. The Morgan fingerprint density at radius 1 is 1.36 bits per heavy atom. The third kappa shape index (κ3) is 2.79. The third-order valence-corrected chi connectivity index (χ3v) is 1.89. The molecule has 0 aliphatic heterocycles. The molecule has 0 aliphatic carbocycles. The van der Waals surface area contributed by atoms with Crippen molar-refractivity contribution in [2.75, 3.05) is 7.05 Å². The summed E-state index contributed by atoms with van der Waals surface area (Å²) < 4.78 is 12.1. The maximum Gasteiger partial charge on any atom is 0.420 e. The fourth-order valence-corrected chi connectivity index (χ4v) is 1.14. The van der Waals surface area contributed by atoms with Crippen LogP contribution in [0.5, 0.6) is 0 Å². The van der Waals surface area contributed by atoms with Crippen LogP contribution in [0.2, 0.25) is 0 Å². The van der Waals surface area contributed by atoms with Crippen molar-refractivity contribution < 1.29 is 4.57 Å². The van der Waals surface area contributed by atoms with Gasteiger partial charge < -0.3 is 0 Å². The molecule has 0 fully saturated rings. The number of nitrogens with zero attached hydrogens (tertiary/aromatic N) is 1. The molecule has 0 N–H and O–H groups in total. The number of rotatable bonds is 3. The van der Waals surface area contributed by atoms with Gasteiger partial charge in [0.05, 0.1) is 6.54 Å². The zero-order chi connectivity index (χ0) is 8.10. The summed E-state index contributed by atoms with van der Waals surface area (Å²) >= 11 is 0. The number of hydrogen-bond acceptors (Lipinski definition) is 1. The average Bonchev–Trinajstić information content (AvgIpc) is 2.06. The van der Waals surface area contributed by atoms with Gasteiger partial charge in [-0.3, -0.25) is 0 Å². The minimum atomic E-state index is -0.360. The molecule has 0 heterocycles. The first-order valence-electron chi connectivity index (χ1n) is 3.46. The van der Waals surface area contributed by atoms with E-state index in [2.05, 4.69) is 0 Å². The first kappa shape index (κ1) is 8.38. The Morgan fingerprint density at radius 2 is 2.00 bits per heavy atom. The number of benzene rings is 1. The highest BCUT2D eigenvalue weighted by Gasteiger charge is 2.03. The van der Waals surface area contributed by atoms with Gasteiger partial charge in [0.2, 0.25) is 0 Å². The van der Waals surface area contributed by atoms with Crippen LogP contribution in [0, 0.1) is 0 Å². The van der Waals surface area contributed by atoms with Crippen molar-refractivity contribution >= 4 is 8.61 Å². The largest absolute Gasteiger partial charge is 0.420 e. The highest BCUT2D eigenvalue weighted by molar-refractivity contribution is 7.20. The Labute approximate surface area is 68.1 Å². The van der Waals surface area contributed by atoms with Crippen molar-refractivity contribution in [1.29, 1.82) is 0 Å². The van der Waals surface area contributed by atoms with Gasteiger partial charge in [-0.05, 0) is 5.56 Å². The van der Waals surface area contributed by atoms with Crippen LogP contribution in [-0.2, 0) is 11.1 Å². The van der Waals surface area contributed by atoms with Crippen molar-refractivity contribution in [2.45, 2.75) is 6.54 Å². The summed E-state index contributed by atoms with van der Waals surface area (Å²) in [6, 6.07) is 9.99. The molecule has 0 spiro atoms. The minimum Gasteiger partial charge on any atom is -0.0974 e. The van der Waals surface area contributed by atoms with Gasteiger partial charge in [-0.1, -0.05) is 39.6 Å². The normalized spacial score (nSPS) is 10.7. The molecule has 0 aromatic heterocycles. The monoisotopic (exact) mass is 168 g/mol. The zero-order valence-corrected chi connectivity index (χ0v) is 7.45. The molecule has 1 atom stereocenters. The molecule has 2 nitrogen and oxygen atoms in total. The molecule has 1 rings (SSSR count). The van der Waals surface area contributed by atoms with E-state index in [4.69, 9.17) is 0 Å². The summed E-state index contributed by atoms with van der Waals surface area (Å²) in [4.78, 5) is 0. The van der Waals surface area contributed by atoms with Crippen LogP contribution in [0.1, 0.15) is 5.56 Å². The fourth-order valence-electron chi connectivity index (χ4n) is 0.890. The molecular weight excluding hydrogens is 157 g/mol. The van der Waals surface area contributed by atoms with Crippen LogP contribution < -0.4 is 0 Å². The van der Waals surface area contributed by atoms with Crippen LogP contribution in [0.15, 0.2) is 30.3 Å². The quantitative estimate of drug-likeness (QED) is 0.644. The van der Waals surface area contributed by atoms with Crippen LogP contribution in [-0.4, -0.2) is 11.7 Å². The Balaban J connectivity index is 2.57. The van der Waals surface area contributed by atoms with Gasteiger partial charge >= 0.3 is 8.61 Å². The smallest absolute Gasteiger partial charge is 0.0974 e. The fraction of sp³-hybridized carbons (Fsp3) is 0.250. The molecule has 1 unspecified atom stereocenters. The lowest BCUT2D eigenvalue weighted by molar-refractivity contribution is 0.500. The molecule has 0 amide bonds. The van der Waals surface area contributed by atoms with Gasteiger partial charge in [-0.2, -0.15) is 0 Å². The molecule has 0 saturated heterocycles. The van der Waals surface area contributed by atoms with Gasteiger partial charge in [0, 0.05) is 7.05 Å². The molecule has 1 aromatic carbocycles. The molecule has 11 heavy (non-hydrogen) atoms. The predicted molar refractivity (Wildman–Crippen MR) is 46.9 cm³/mol. The van der Waals surface area contributed by atoms with Gasteiger partial charge in [-0.15, -0.1) is 0 Å². The minimum absolute atomic E-state index is 0.360. The van der Waals surface area contributed by atoms with Crippen LogP contribution in [0.4, 0.5) is 0 Å². The molecule has 0 radical (unpaired) electrons. The van der Waals surface area contributed by atoms with Gasteiger partial charge in [0.1, 0.15) is 0 Å². The molecule has 3 heteroatoms.